The predicted molar refractivity (Wildman–Crippen MR) is 116 cm³/mol. The van der Waals surface area contributed by atoms with Crippen LogP contribution in [0.5, 0.6) is 0 Å². The van der Waals surface area contributed by atoms with Crippen LogP contribution in [0.25, 0.3) is 0 Å². The number of nitrogens with one attached hydrogen (secondary N) is 1. The third kappa shape index (κ3) is 11.6. The Morgan fingerprint density at radius 3 is 2.13 bits per heavy atom. The third-order valence-corrected chi connectivity index (χ3v) is 4.70. The number of methoxy groups -OCH3 is 1. The highest BCUT2D eigenvalue weighted by Crippen LogP contribution is 2.19. The summed E-state index contributed by atoms with van der Waals surface area (Å²) >= 11 is 0. The van der Waals surface area contributed by atoms with Gasteiger partial charge in [-0.05, 0) is 25.1 Å². The largest absolute Gasteiger partial charge is 0.490 e. The van der Waals surface area contributed by atoms with Crippen molar-refractivity contribution in [3.8, 4) is 0 Å². The number of rotatable bonds is 6. The number of carboxylic acids is 2. The zero-order valence-electron chi connectivity index (χ0n) is 20.2. The van der Waals surface area contributed by atoms with E-state index in [0.717, 1.165) is 23.8 Å². The first-order valence-corrected chi connectivity index (χ1v) is 10.7. The number of halogens is 6. The Bertz CT molecular complexity index is 1030. The summed E-state index contributed by atoms with van der Waals surface area (Å²) in [6.07, 6.45) is -8.38. The average molecular weight is 560 g/mol. The number of alkyl halides is 6. The maximum Gasteiger partial charge on any atom is 0.490 e. The zero-order valence-corrected chi connectivity index (χ0v) is 20.2. The van der Waals surface area contributed by atoms with Crippen LogP contribution in [0.15, 0.2) is 28.8 Å². The SMILES string of the molecule is COCCNC(=O)C1CN(Cc2ccc(C)o2)Cc2ccnn2C1.O=C(O)C(F)(F)F.O=C(O)C(F)(F)F. The van der Waals surface area contributed by atoms with Gasteiger partial charge in [-0.1, -0.05) is 0 Å². The molecular formula is C21H26F6N4O7. The lowest BCUT2D eigenvalue weighted by Crippen LogP contribution is -2.40. The van der Waals surface area contributed by atoms with Gasteiger partial charge in [0.2, 0.25) is 5.91 Å². The van der Waals surface area contributed by atoms with Gasteiger partial charge in [-0.3, -0.25) is 14.4 Å². The van der Waals surface area contributed by atoms with Crippen LogP contribution in [0.3, 0.4) is 0 Å². The highest BCUT2D eigenvalue weighted by molar-refractivity contribution is 5.78. The van der Waals surface area contributed by atoms with E-state index in [2.05, 4.69) is 15.3 Å². The molecule has 0 aliphatic carbocycles. The molecule has 3 heterocycles. The van der Waals surface area contributed by atoms with E-state index in [4.69, 9.17) is 29.0 Å². The van der Waals surface area contributed by atoms with Gasteiger partial charge >= 0.3 is 24.3 Å². The predicted octanol–water partition coefficient (Wildman–Crippen LogP) is 2.45. The lowest BCUT2D eigenvalue weighted by Gasteiger charge is -2.22. The summed E-state index contributed by atoms with van der Waals surface area (Å²) in [6, 6.07) is 5.96. The van der Waals surface area contributed by atoms with E-state index >= 15 is 0 Å². The molecule has 0 aromatic carbocycles. The molecule has 0 radical (unpaired) electrons. The molecule has 3 rings (SSSR count). The summed E-state index contributed by atoms with van der Waals surface area (Å²) in [6.45, 7) is 5.67. The lowest BCUT2D eigenvalue weighted by atomic mass is 10.1. The maximum atomic E-state index is 12.5. The number of carbonyl (C=O) groups is 3. The molecule has 0 fully saturated rings. The van der Waals surface area contributed by atoms with Crippen molar-refractivity contribution in [2.45, 2.75) is 38.9 Å². The van der Waals surface area contributed by atoms with Gasteiger partial charge in [0.15, 0.2) is 0 Å². The van der Waals surface area contributed by atoms with Crippen LogP contribution in [-0.2, 0) is 38.8 Å². The standard InChI is InChI=1S/C17H24N4O3.2C2HF3O2/c1-13-3-4-16(24-13)12-20-9-14(17(22)18-7-8-23-2)10-21-15(11-20)5-6-19-21;2*3-2(4,5)1(6)7/h3-6,14H,7-12H2,1-2H3,(H,18,22);2*(H,6,7). The number of hydrogen-bond acceptors (Lipinski definition) is 7. The van der Waals surface area contributed by atoms with Crippen LogP contribution in [0.4, 0.5) is 26.3 Å². The van der Waals surface area contributed by atoms with E-state index in [1.165, 1.54) is 0 Å². The average Bonchev–Trinajstić information content (AvgIpc) is 3.36. The molecule has 11 nitrogen and oxygen atoms in total. The molecule has 3 N–H and O–H groups in total. The second-order valence-electron chi connectivity index (χ2n) is 7.77. The number of carboxylic acid groups (broad SMARTS) is 2. The summed E-state index contributed by atoms with van der Waals surface area (Å²) in [5, 5.41) is 21.5. The van der Waals surface area contributed by atoms with Gasteiger partial charge in [0.1, 0.15) is 11.5 Å². The van der Waals surface area contributed by atoms with Crippen LogP contribution >= 0.6 is 0 Å². The number of aliphatic carboxylic acids is 2. The van der Waals surface area contributed by atoms with Crippen molar-refractivity contribution in [2.24, 2.45) is 5.92 Å². The number of furan rings is 1. The van der Waals surface area contributed by atoms with E-state index in [1.807, 2.05) is 29.8 Å². The first kappa shape index (κ1) is 32.4. The fourth-order valence-electron chi connectivity index (χ4n) is 3.03. The van der Waals surface area contributed by atoms with E-state index in [9.17, 15) is 31.1 Å². The van der Waals surface area contributed by atoms with Crippen LogP contribution in [0.2, 0.25) is 0 Å². The molecule has 1 aliphatic heterocycles. The highest BCUT2D eigenvalue weighted by atomic mass is 19.4. The van der Waals surface area contributed by atoms with Gasteiger partial charge in [-0.2, -0.15) is 31.4 Å². The molecular weight excluding hydrogens is 534 g/mol. The molecule has 0 saturated heterocycles. The summed E-state index contributed by atoms with van der Waals surface area (Å²) in [5.41, 5.74) is 1.12. The number of hydrogen-bond donors (Lipinski definition) is 3. The second kappa shape index (κ2) is 14.4. The minimum absolute atomic E-state index is 0.0380. The van der Waals surface area contributed by atoms with Crippen molar-refractivity contribution in [1.29, 1.82) is 0 Å². The van der Waals surface area contributed by atoms with Crippen molar-refractivity contribution in [3.05, 3.63) is 41.6 Å². The number of carbonyl (C=O) groups excluding carboxylic acids is 1. The third-order valence-electron chi connectivity index (χ3n) is 4.70. The lowest BCUT2D eigenvalue weighted by molar-refractivity contribution is -0.193. The Kier molecular flexibility index (Phi) is 12.3. The van der Waals surface area contributed by atoms with Gasteiger partial charge < -0.3 is 24.7 Å². The summed E-state index contributed by atoms with van der Waals surface area (Å²) in [4.78, 5) is 32.5. The number of ether oxygens (including phenoxy) is 1. The topological polar surface area (TPSA) is 147 Å². The quantitative estimate of drug-likeness (QED) is 0.358. The Labute approximate surface area is 211 Å². The zero-order chi connectivity index (χ0) is 29.1. The molecule has 17 heteroatoms. The number of nitrogens with zero attached hydrogens (tertiary/aromatic N) is 3. The van der Waals surface area contributed by atoms with Crippen LogP contribution in [-0.4, -0.2) is 81.9 Å². The normalized spacial score (nSPS) is 15.6. The highest BCUT2D eigenvalue weighted by Gasteiger charge is 2.38. The summed E-state index contributed by atoms with van der Waals surface area (Å²) in [5.74, 6) is -3.81. The van der Waals surface area contributed by atoms with Crippen LogP contribution < -0.4 is 5.32 Å². The molecule has 2 aromatic rings. The van der Waals surface area contributed by atoms with Gasteiger partial charge in [0, 0.05) is 32.9 Å². The first-order chi connectivity index (χ1) is 17.5. The molecule has 2 aromatic heterocycles. The fraction of sp³-hybridized carbons (Fsp3) is 0.524. The minimum atomic E-state index is -5.08. The van der Waals surface area contributed by atoms with E-state index in [1.54, 1.807) is 13.3 Å². The Morgan fingerprint density at radius 2 is 1.66 bits per heavy atom. The monoisotopic (exact) mass is 560 g/mol. The molecule has 1 atom stereocenters. The molecule has 1 amide bonds. The minimum Gasteiger partial charge on any atom is -0.475 e. The van der Waals surface area contributed by atoms with E-state index in [0.29, 0.717) is 32.8 Å². The van der Waals surface area contributed by atoms with Crippen molar-refractivity contribution >= 4 is 17.8 Å². The summed E-state index contributed by atoms with van der Waals surface area (Å²) in [7, 11) is 1.63. The first-order valence-electron chi connectivity index (χ1n) is 10.7. The van der Waals surface area contributed by atoms with Crippen molar-refractivity contribution in [2.75, 3.05) is 26.8 Å². The van der Waals surface area contributed by atoms with Crippen LogP contribution in [0.1, 0.15) is 17.2 Å². The van der Waals surface area contributed by atoms with Gasteiger partial charge in [-0.25, -0.2) is 9.59 Å². The molecule has 0 saturated carbocycles. The Morgan fingerprint density at radius 1 is 1.08 bits per heavy atom. The summed E-state index contributed by atoms with van der Waals surface area (Å²) < 4.78 is 76.1. The van der Waals surface area contributed by atoms with E-state index < -0.39 is 24.3 Å². The Balaban J connectivity index is 0.000000426. The van der Waals surface area contributed by atoms with Crippen molar-refractivity contribution in [1.82, 2.24) is 20.0 Å². The maximum absolute atomic E-state index is 12.5. The van der Waals surface area contributed by atoms with Gasteiger partial charge in [0.05, 0.1) is 31.3 Å². The molecule has 38 heavy (non-hydrogen) atoms. The number of amides is 1. The van der Waals surface area contributed by atoms with E-state index in [-0.39, 0.29) is 11.8 Å². The molecule has 0 spiro atoms. The van der Waals surface area contributed by atoms with Crippen LogP contribution in [0, 0.1) is 12.8 Å². The van der Waals surface area contributed by atoms with Gasteiger partial charge in [0.25, 0.3) is 0 Å². The Hall–Kier alpha value is -3.60. The number of aromatic nitrogens is 2. The van der Waals surface area contributed by atoms with Gasteiger partial charge in [-0.15, -0.1) is 0 Å². The van der Waals surface area contributed by atoms with Crippen molar-refractivity contribution in [3.63, 3.8) is 0 Å². The fourth-order valence-corrected chi connectivity index (χ4v) is 3.03. The smallest absolute Gasteiger partial charge is 0.475 e. The molecule has 214 valence electrons. The molecule has 1 aliphatic rings. The number of fused-ring (bicyclic) bond motifs is 1. The second-order valence-corrected chi connectivity index (χ2v) is 7.77. The molecule has 0 bridgehead atoms. The van der Waals surface area contributed by atoms with Crippen molar-refractivity contribution < 1.29 is 60.1 Å². The number of aryl methyl sites for hydroxylation is 1. The molecule has 1 unspecified atom stereocenters.